The van der Waals surface area contributed by atoms with E-state index in [1.165, 1.54) is 6.07 Å². The summed E-state index contributed by atoms with van der Waals surface area (Å²) in [6.45, 7) is 1.94. The molecule has 0 aromatic heterocycles. The van der Waals surface area contributed by atoms with Crippen LogP contribution in [0.1, 0.15) is 28.4 Å². The molecular weight excluding hydrogens is 291 g/mol. The van der Waals surface area contributed by atoms with Crippen LogP contribution in [-0.4, -0.2) is 5.84 Å². The zero-order valence-electron chi connectivity index (χ0n) is 11.4. The van der Waals surface area contributed by atoms with Crippen molar-refractivity contribution in [2.75, 3.05) is 0 Å². The van der Waals surface area contributed by atoms with Crippen LogP contribution in [0.15, 0.2) is 30.3 Å². The molecule has 0 bridgehead atoms. The molecule has 0 saturated heterocycles. The van der Waals surface area contributed by atoms with E-state index < -0.39 is 5.82 Å². The average Bonchev–Trinajstić information content (AvgIpc) is 2.81. The number of ether oxygens (including phenoxy) is 1. The summed E-state index contributed by atoms with van der Waals surface area (Å²) in [5, 5.41) is 7.66. The molecule has 0 amide bonds. The van der Waals surface area contributed by atoms with Crippen LogP contribution in [0.25, 0.3) is 0 Å². The van der Waals surface area contributed by atoms with Crippen molar-refractivity contribution in [2.45, 2.75) is 19.4 Å². The molecular formula is C16H14ClFN2O. The van der Waals surface area contributed by atoms with Gasteiger partial charge >= 0.3 is 0 Å². The van der Waals surface area contributed by atoms with Crippen LogP contribution >= 0.6 is 11.6 Å². The largest absolute Gasteiger partial charge is 0.485 e. The zero-order valence-corrected chi connectivity index (χ0v) is 12.2. The predicted molar refractivity (Wildman–Crippen MR) is 80.7 cm³/mol. The van der Waals surface area contributed by atoms with E-state index in [4.69, 9.17) is 27.5 Å². The quantitative estimate of drug-likeness (QED) is 0.656. The van der Waals surface area contributed by atoms with Gasteiger partial charge in [0.1, 0.15) is 23.5 Å². The standard InChI is InChI=1S/C16H14ClFN2O/c1-8-2-9(4-11(3-8)16(19)20)14-6-10-5-12(17)13(18)7-15(10)21-14/h2-5,7,14H,6H2,1H3,(H3,19,20). The molecule has 1 unspecified atom stereocenters. The van der Waals surface area contributed by atoms with Crippen LogP contribution in [0.3, 0.4) is 0 Å². The molecule has 1 heterocycles. The first kappa shape index (κ1) is 13.9. The number of rotatable bonds is 2. The van der Waals surface area contributed by atoms with E-state index in [-0.39, 0.29) is 17.0 Å². The van der Waals surface area contributed by atoms with E-state index in [2.05, 4.69) is 0 Å². The topological polar surface area (TPSA) is 59.1 Å². The van der Waals surface area contributed by atoms with Crippen molar-refractivity contribution in [1.29, 1.82) is 5.41 Å². The number of benzene rings is 2. The van der Waals surface area contributed by atoms with E-state index in [0.29, 0.717) is 17.7 Å². The van der Waals surface area contributed by atoms with Crippen LogP contribution in [-0.2, 0) is 6.42 Å². The fourth-order valence-electron chi connectivity index (χ4n) is 2.57. The maximum Gasteiger partial charge on any atom is 0.145 e. The van der Waals surface area contributed by atoms with E-state index in [1.807, 2.05) is 25.1 Å². The molecule has 0 saturated carbocycles. The summed E-state index contributed by atoms with van der Waals surface area (Å²) in [5.41, 5.74) is 9.02. The summed E-state index contributed by atoms with van der Waals surface area (Å²) in [7, 11) is 0. The summed E-state index contributed by atoms with van der Waals surface area (Å²) in [6, 6.07) is 8.60. The van der Waals surface area contributed by atoms with Gasteiger partial charge in [0.2, 0.25) is 0 Å². The molecule has 0 radical (unpaired) electrons. The Morgan fingerprint density at radius 3 is 2.81 bits per heavy atom. The van der Waals surface area contributed by atoms with Crippen molar-refractivity contribution in [3.8, 4) is 5.75 Å². The summed E-state index contributed by atoms with van der Waals surface area (Å²) in [6.07, 6.45) is 0.409. The molecule has 1 atom stereocenters. The number of nitrogen functional groups attached to an aromatic ring is 1. The summed E-state index contributed by atoms with van der Waals surface area (Å²) in [4.78, 5) is 0. The van der Waals surface area contributed by atoms with Gasteiger partial charge in [-0.15, -0.1) is 0 Å². The van der Waals surface area contributed by atoms with Crippen molar-refractivity contribution in [3.63, 3.8) is 0 Å². The Morgan fingerprint density at radius 1 is 1.33 bits per heavy atom. The second kappa shape index (κ2) is 5.04. The van der Waals surface area contributed by atoms with Crippen LogP contribution in [0, 0.1) is 18.2 Å². The van der Waals surface area contributed by atoms with Crippen LogP contribution in [0.2, 0.25) is 5.02 Å². The Labute approximate surface area is 127 Å². The third-order valence-corrected chi connectivity index (χ3v) is 3.85. The van der Waals surface area contributed by atoms with Crippen LogP contribution < -0.4 is 10.5 Å². The summed E-state index contributed by atoms with van der Waals surface area (Å²) >= 11 is 5.80. The van der Waals surface area contributed by atoms with Gasteiger partial charge in [0.15, 0.2) is 0 Å². The zero-order chi connectivity index (χ0) is 15.1. The number of hydrogen-bond donors (Lipinski definition) is 2. The molecule has 0 aliphatic carbocycles. The van der Waals surface area contributed by atoms with Gasteiger partial charge in [-0.2, -0.15) is 0 Å². The summed E-state index contributed by atoms with van der Waals surface area (Å²) in [5.74, 6) is 0.0575. The van der Waals surface area contributed by atoms with Crippen molar-refractivity contribution >= 4 is 17.4 Å². The first-order valence-electron chi connectivity index (χ1n) is 6.54. The van der Waals surface area contributed by atoms with E-state index >= 15 is 0 Å². The maximum absolute atomic E-state index is 13.5. The van der Waals surface area contributed by atoms with Gasteiger partial charge in [0.05, 0.1) is 5.02 Å². The van der Waals surface area contributed by atoms with Gasteiger partial charge in [-0.3, -0.25) is 5.41 Å². The monoisotopic (exact) mass is 304 g/mol. The molecule has 1 aliphatic rings. The molecule has 0 spiro atoms. The average molecular weight is 305 g/mol. The van der Waals surface area contributed by atoms with Crippen LogP contribution in [0.4, 0.5) is 4.39 Å². The predicted octanol–water partition coefficient (Wildman–Crippen LogP) is 3.75. The Balaban J connectivity index is 1.96. The Bertz CT molecular complexity index is 714. The molecule has 3 nitrogen and oxygen atoms in total. The minimum Gasteiger partial charge on any atom is -0.485 e. The van der Waals surface area contributed by atoms with E-state index in [1.54, 1.807) is 6.07 Å². The molecule has 108 valence electrons. The number of nitrogens with two attached hydrogens (primary N) is 1. The molecule has 0 fully saturated rings. The summed E-state index contributed by atoms with van der Waals surface area (Å²) < 4.78 is 19.3. The lowest BCUT2D eigenvalue weighted by Crippen LogP contribution is -2.13. The molecule has 1 aliphatic heterocycles. The van der Waals surface area contributed by atoms with Gasteiger partial charge in [-0.25, -0.2) is 4.39 Å². The highest BCUT2D eigenvalue weighted by Crippen LogP contribution is 2.39. The number of aryl methyl sites for hydroxylation is 1. The second-order valence-corrected chi connectivity index (χ2v) is 5.64. The van der Waals surface area contributed by atoms with E-state index in [9.17, 15) is 4.39 Å². The number of halogens is 2. The van der Waals surface area contributed by atoms with Crippen molar-refractivity contribution in [1.82, 2.24) is 0 Å². The number of nitrogens with one attached hydrogen (secondary N) is 1. The molecule has 3 N–H and O–H groups in total. The van der Waals surface area contributed by atoms with E-state index in [0.717, 1.165) is 16.7 Å². The highest BCUT2D eigenvalue weighted by molar-refractivity contribution is 6.30. The Kier molecular flexibility index (Phi) is 3.33. The minimum absolute atomic E-state index is 0.0181. The highest BCUT2D eigenvalue weighted by Gasteiger charge is 2.26. The third kappa shape index (κ3) is 2.59. The first-order valence-corrected chi connectivity index (χ1v) is 6.92. The smallest absolute Gasteiger partial charge is 0.145 e. The number of fused-ring (bicyclic) bond motifs is 1. The number of hydrogen-bond acceptors (Lipinski definition) is 2. The maximum atomic E-state index is 13.5. The molecule has 21 heavy (non-hydrogen) atoms. The molecule has 2 aromatic rings. The highest BCUT2D eigenvalue weighted by atomic mass is 35.5. The lowest BCUT2D eigenvalue weighted by atomic mass is 9.99. The molecule has 5 heteroatoms. The minimum atomic E-state index is -0.482. The second-order valence-electron chi connectivity index (χ2n) is 5.23. The van der Waals surface area contributed by atoms with Crippen molar-refractivity contribution in [2.24, 2.45) is 5.73 Å². The van der Waals surface area contributed by atoms with Crippen molar-refractivity contribution < 1.29 is 9.13 Å². The van der Waals surface area contributed by atoms with Gasteiger partial charge in [0, 0.05) is 18.1 Å². The third-order valence-electron chi connectivity index (χ3n) is 3.56. The van der Waals surface area contributed by atoms with Gasteiger partial charge in [0.25, 0.3) is 0 Å². The van der Waals surface area contributed by atoms with Crippen molar-refractivity contribution in [3.05, 3.63) is 63.4 Å². The molecule has 2 aromatic carbocycles. The van der Waals surface area contributed by atoms with Gasteiger partial charge in [-0.05, 0) is 41.8 Å². The van der Waals surface area contributed by atoms with Crippen LogP contribution in [0.5, 0.6) is 5.75 Å². The Hall–Kier alpha value is -2.07. The van der Waals surface area contributed by atoms with Gasteiger partial charge < -0.3 is 10.5 Å². The first-order chi connectivity index (χ1) is 9.94. The Morgan fingerprint density at radius 2 is 2.10 bits per heavy atom. The fraction of sp³-hybridized carbons (Fsp3) is 0.188. The fourth-order valence-corrected chi connectivity index (χ4v) is 2.76. The SMILES string of the molecule is Cc1cc(C(=N)N)cc(C2Cc3cc(Cl)c(F)cc3O2)c1. The lowest BCUT2D eigenvalue weighted by Gasteiger charge is -2.13. The molecule has 3 rings (SSSR count). The number of amidine groups is 1. The van der Waals surface area contributed by atoms with Gasteiger partial charge in [-0.1, -0.05) is 17.7 Å². The lowest BCUT2D eigenvalue weighted by molar-refractivity contribution is 0.238. The normalized spacial score (nSPS) is 16.4.